The molecule has 0 bridgehead atoms. The van der Waals surface area contributed by atoms with Gasteiger partial charge in [-0.2, -0.15) is 0 Å². The molecule has 0 saturated carbocycles. The van der Waals surface area contributed by atoms with Crippen LogP contribution >= 0.6 is 0 Å². The number of hydrogen-bond acceptors (Lipinski definition) is 1. The zero-order valence-electron chi connectivity index (χ0n) is 9.02. The van der Waals surface area contributed by atoms with E-state index in [4.69, 9.17) is 4.99 Å². The van der Waals surface area contributed by atoms with Crippen LogP contribution in [0.4, 0.5) is 0 Å². The van der Waals surface area contributed by atoms with E-state index in [1.807, 2.05) is 0 Å². The molecule has 0 unspecified atom stereocenters. The minimum atomic E-state index is 0.209. The topological polar surface area (TPSA) is 12.4 Å². The predicted octanol–water partition coefficient (Wildman–Crippen LogP) is 3.29. The van der Waals surface area contributed by atoms with Crippen molar-refractivity contribution >= 4 is 5.71 Å². The van der Waals surface area contributed by atoms with Crippen LogP contribution in [0.15, 0.2) is 4.99 Å². The van der Waals surface area contributed by atoms with E-state index in [-0.39, 0.29) is 5.54 Å². The van der Waals surface area contributed by atoms with E-state index in [9.17, 15) is 0 Å². The van der Waals surface area contributed by atoms with Crippen LogP contribution < -0.4 is 0 Å². The summed E-state index contributed by atoms with van der Waals surface area (Å²) in [4.78, 5) is 4.76. The first kappa shape index (κ1) is 9.76. The molecule has 1 heteroatoms. The van der Waals surface area contributed by atoms with Crippen molar-refractivity contribution in [3.63, 3.8) is 0 Å². The lowest BCUT2D eigenvalue weighted by Gasteiger charge is -2.19. The highest BCUT2D eigenvalue weighted by Gasteiger charge is 2.33. The van der Waals surface area contributed by atoms with Crippen LogP contribution in [0.5, 0.6) is 0 Å². The number of aliphatic imine (C=N–C) groups is 1. The summed E-state index contributed by atoms with van der Waals surface area (Å²) in [7, 11) is 0. The van der Waals surface area contributed by atoms with Crippen LogP contribution in [0.25, 0.3) is 0 Å². The summed E-state index contributed by atoms with van der Waals surface area (Å²) >= 11 is 0. The highest BCUT2D eigenvalue weighted by Crippen LogP contribution is 2.34. The molecule has 0 radical (unpaired) electrons. The number of hydrogen-bond donors (Lipinski definition) is 0. The largest absolute Gasteiger partial charge is 0.288 e. The van der Waals surface area contributed by atoms with Gasteiger partial charge >= 0.3 is 0 Å². The van der Waals surface area contributed by atoms with Crippen molar-refractivity contribution < 1.29 is 0 Å². The molecule has 0 fully saturated rings. The lowest BCUT2D eigenvalue weighted by atomic mass is 9.84. The third-order valence-electron chi connectivity index (χ3n) is 2.76. The van der Waals surface area contributed by atoms with Gasteiger partial charge in [0.25, 0.3) is 0 Å². The molecule has 1 rings (SSSR count). The Kier molecular flexibility index (Phi) is 2.60. The van der Waals surface area contributed by atoms with Crippen LogP contribution in [0.1, 0.15) is 47.5 Å². The van der Waals surface area contributed by atoms with E-state index in [1.54, 1.807) is 0 Å². The molecule has 70 valence electrons. The Balaban J connectivity index is 2.77. The molecule has 1 atom stereocenters. The monoisotopic (exact) mass is 167 g/mol. The first-order valence-electron chi connectivity index (χ1n) is 5.05. The smallest absolute Gasteiger partial charge is 0.0558 e. The molecule has 12 heavy (non-hydrogen) atoms. The normalized spacial score (nSPS) is 27.8. The quantitative estimate of drug-likeness (QED) is 0.598. The van der Waals surface area contributed by atoms with Crippen LogP contribution in [-0.2, 0) is 0 Å². The summed E-state index contributed by atoms with van der Waals surface area (Å²) < 4.78 is 0. The third-order valence-corrected chi connectivity index (χ3v) is 2.76. The Labute approximate surface area is 76.3 Å². The van der Waals surface area contributed by atoms with Crippen molar-refractivity contribution in [1.82, 2.24) is 0 Å². The molecule has 1 aliphatic rings. The average Bonchev–Trinajstić information content (AvgIpc) is 2.25. The second-order valence-electron chi connectivity index (χ2n) is 4.82. The summed E-state index contributed by atoms with van der Waals surface area (Å²) in [5.41, 5.74) is 1.65. The first-order valence-corrected chi connectivity index (χ1v) is 5.05. The van der Waals surface area contributed by atoms with Crippen molar-refractivity contribution in [3.05, 3.63) is 0 Å². The predicted molar refractivity (Wildman–Crippen MR) is 54.8 cm³/mol. The van der Waals surface area contributed by atoms with Crippen molar-refractivity contribution in [1.29, 1.82) is 0 Å². The zero-order valence-corrected chi connectivity index (χ0v) is 9.02. The van der Waals surface area contributed by atoms with Gasteiger partial charge in [-0.25, -0.2) is 0 Å². The zero-order chi connectivity index (χ0) is 9.35. The Morgan fingerprint density at radius 1 is 1.50 bits per heavy atom. The van der Waals surface area contributed by atoms with Crippen molar-refractivity contribution in [2.75, 3.05) is 0 Å². The molecule has 0 amide bonds. The Morgan fingerprint density at radius 2 is 2.08 bits per heavy atom. The highest BCUT2D eigenvalue weighted by atomic mass is 14.9. The Bertz CT molecular complexity index is 189. The van der Waals surface area contributed by atoms with Crippen LogP contribution in [0.3, 0.4) is 0 Å². The van der Waals surface area contributed by atoms with E-state index >= 15 is 0 Å². The van der Waals surface area contributed by atoms with Gasteiger partial charge in [0.1, 0.15) is 0 Å². The van der Waals surface area contributed by atoms with Crippen LogP contribution in [0.2, 0.25) is 0 Å². The minimum absolute atomic E-state index is 0.209. The summed E-state index contributed by atoms with van der Waals surface area (Å²) in [6.07, 6.45) is 2.38. The molecule has 1 aliphatic heterocycles. The van der Waals surface area contributed by atoms with Gasteiger partial charge in [-0.15, -0.1) is 0 Å². The van der Waals surface area contributed by atoms with Crippen molar-refractivity contribution in [2.24, 2.45) is 16.8 Å². The number of rotatable bonds is 2. The molecule has 0 aromatic rings. The summed E-state index contributed by atoms with van der Waals surface area (Å²) in [6.45, 7) is 11.3. The van der Waals surface area contributed by atoms with Crippen molar-refractivity contribution in [3.8, 4) is 0 Å². The van der Waals surface area contributed by atoms with Gasteiger partial charge in [-0.05, 0) is 32.6 Å². The van der Waals surface area contributed by atoms with Crippen molar-refractivity contribution in [2.45, 2.75) is 53.0 Å². The third kappa shape index (κ3) is 1.88. The van der Waals surface area contributed by atoms with E-state index in [0.717, 1.165) is 18.3 Å². The van der Waals surface area contributed by atoms with E-state index in [1.165, 1.54) is 12.1 Å². The van der Waals surface area contributed by atoms with Gasteiger partial charge in [0.15, 0.2) is 0 Å². The molecular formula is C11H21N. The lowest BCUT2D eigenvalue weighted by Crippen LogP contribution is -2.19. The van der Waals surface area contributed by atoms with E-state index < -0.39 is 0 Å². The van der Waals surface area contributed by atoms with Gasteiger partial charge in [0.05, 0.1) is 5.54 Å². The molecule has 0 aromatic carbocycles. The fourth-order valence-electron chi connectivity index (χ4n) is 2.14. The molecule has 1 nitrogen and oxygen atoms in total. The molecule has 0 N–H and O–H groups in total. The second kappa shape index (κ2) is 3.20. The highest BCUT2D eigenvalue weighted by molar-refractivity contribution is 5.88. The maximum atomic E-state index is 4.76. The molecule has 0 saturated heterocycles. The summed E-state index contributed by atoms with van der Waals surface area (Å²) in [5, 5.41) is 0. The van der Waals surface area contributed by atoms with Gasteiger partial charge in [-0.1, -0.05) is 20.8 Å². The summed E-state index contributed by atoms with van der Waals surface area (Å²) in [6, 6.07) is 0. The standard InChI is InChI=1S/C11H21N/c1-6-10-9(8(2)3)7-11(4,5)12-10/h8-9H,6-7H2,1-5H3/t9-/m0/s1. The second-order valence-corrected chi connectivity index (χ2v) is 4.82. The average molecular weight is 167 g/mol. The van der Waals surface area contributed by atoms with E-state index in [0.29, 0.717) is 0 Å². The number of nitrogens with zero attached hydrogens (tertiary/aromatic N) is 1. The molecular weight excluding hydrogens is 146 g/mol. The fraction of sp³-hybridized carbons (Fsp3) is 0.909. The van der Waals surface area contributed by atoms with Gasteiger partial charge < -0.3 is 0 Å². The maximum Gasteiger partial charge on any atom is 0.0558 e. The minimum Gasteiger partial charge on any atom is -0.288 e. The first-order chi connectivity index (χ1) is 5.46. The van der Waals surface area contributed by atoms with Gasteiger partial charge in [0.2, 0.25) is 0 Å². The molecule has 1 heterocycles. The Hall–Kier alpha value is -0.330. The van der Waals surface area contributed by atoms with Gasteiger partial charge in [-0.3, -0.25) is 4.99 Å². The SMILES string of the molecule is CCC1=NC(C)(C)C[C@H]1C(C)C. The van der Waals surface area contributed by atoms with Crippen LogP contribution in [-0.4, -0.2) is 11.3 Å². The fourth-order valence-corrected chi connectivity index (χ4v) is 2.14. The lowest BCUT2D eigenvalue weighted by molar-refractivity contribution is 0.397. The summed E-state index contributed by atoms with van der Waals surface area (Å²) in [5.74, 6) is 1.50. The molecule has 0 aromatic heterocycles. The van der Waals surface area contributed by atoms with E-state index in [2.05, 4.69) is 34.6 Å². The Morgan fingerprint density at radius 3 is 2.42 bits per heavy atom. The van der Waals surface area contributed by atoms with Crippen LogP contribution in [0, 0.1) is 11.8 Å². The maximum absolute atomic E-state index is 4.76. The van der Waals surface area contributed by atoms with Gasteiger partial charge in [0, 0.05) is 11.6 Å². The molecule has 0 aliphatic carbocycles. The molecule has 0 spiro atoms.